The number of hydrogen-bond donors (Lipinski definition) is 0. The molecule has 1 aromatic carbocycles. The molecule has 0 aliphatic carbocycles. The monoisotopic (exact) mass is 219 g/mol. The number of nitrogens with zero attached hydrogens (tertiary/aromatic N) is 1. The molecule has 0 saturated heterocycles. The summed E-state index contributed by atoms with van der Waals surface area (Å²) in [5.74, 6) is 0.664. The van der Waals surface area contributed by atoms with Crippen LogP contribution in [0.2, 0.25) is 0 Å². The van der Waals surface area contributed by atoms with E-state index >= 15 is 0 Å². The van der Waals surface area contributed by atoms with E-state index < -0.39 is 0 Å². The molecule has 84 valence electrons. The Labute approximate surface area is 93.8 Å². The summed E-state index contributed by atoms with van der Waals surface area (Å²) < 4.78 is 5.30. The van der Waals surface area contributed by atoms with Crippen molar-refractivity contribution in [1.82, 2.24) is 0 Å². The van der Waals surface area contributed by atoms with Gasteiger partial charge in [0.15, 0.2) is 6.61 Å². The van der Waals surface area contributed by atoms with Crippen molar-refractivity contribution in [1.29, 1.82) is 0 Å². The lowest BCUT2D eigenvalue weighted by Gasteiger charge is -2.26. The van der Waals surface area contributed by atoms with Gasteiger partial charge in [-0.2, -0.15) is 0 Å². The van der Waals surface area contributed by atoms with Gasteiger partial charge in [0.2, 0.25) is 0 Å². The molecule has 4 nitrogen and oxygen atoms in total. The first-order chi connectivity index (χ1) is 7.72. The molecule has 0 unspecified atom stereocenters. The van der Waals surface area contributed by atoms with Gasteiger partial charge in [0.1, 0.15) is 12.0 Å². The first-order valence-electron chi connectivity index (χ1n) is 5.18. The van der Waals surface area contributed by atoms with E-state index in [0.29, 0.717) is 12.8 Å². The fraction of sp³-hybridized carbons (Fsp3) is 0.333. The standard InChI is InChI=1S/C12H13NO3/c1-13-10-7-9(3-2-6-14)4-5-11(10)16-8-12(13)15/h4-7H,2-3,8H2,1H3. The summed E-state index contributed by atoms with van der Waals surface area (Å²) in [4.78, 5) is 23.3. The van der Waals surface area contributed by atoms with Crippen molar-refractivity contribution in [3.8, 4) is 5.75 Å². The van der Waals surface area contributed by atoms with Crippen LogP contribution in [-0.4, -0.2) is 25.8 Å². The molecule has 1 aliphatic heterocycles. The number of carbonyl (C=O) groups is 2. The number of aryl methyl sites for hydroxylation is 1. The lowest BCUT2D eigenvalue weighted by atomic mass is 10.1. The van der Waals surface area contributed by atoms with Gasteiger partial charge in [-0.15, -0.1) is 0 Å². The molecule has 0 bridgehead atoms. The zero-order valence-corrected chi connectivity index (χ0v) is 9.10. The van der Waals surface area contributed by atoms with E-state index in [2.05, 4.69) is 0 Å². The summed E-state index contributed by atoms with van der Waals surface area (Å²) in [5, 5.41) is 0. The number of rotatable bonds is 3. The molecule has 1 amide bonds. The lowest BCUT2D eigenvalue weighted by molar-refractivity contribution is -0.121. The highest BCUT2D eigenvalue weighted by Gasteiger charge is 2.21. The smallest absolute Gasteiger partial charge is 0.264 e. The van der Waals surface area contributed by atoms with Gasteiger partial charge in [0.25, 0.3) is 5.91 Å². The summed E-state index contributed by atoms with van der Waals surface area (Å²) in [6.07, 6.45) is 2.08. The average molecular weight is 219 g/mol. The third-order valence-corrected chi connectivity index (χ3v) is 2.66. The molecular formula is C12H13NO3. The van der Waals surface area contributed by atoms with Crippen LogP contribution in [-0.2, 0) is 16.0 Å². The van der Waals surface area contributed by atoms with E-state index in [4.69, 9.17) is 4.74 Å². The summed E-state index contributed by atoms with van der Waals surface area (Å²) in [7, 11) is 1.73. The Morgan fingerprint density at radius 3 is 3.06 bits per heavy atom. The van der Waals surface area contributed by atoms with Gasteiger partial charge in [-0.05, 0) is 24.1 Å². The van der Waals surface area contributed by atoms with Gasteiger partial charge in [0, 0.05) is 13.5 Å². The number of amides is 1. The Balaban J connectivity index is 2.29. The number of hydrogen-bond acceptors (Lipinski definition) is 3. The number of carbonyl (C=O) groups excluding carboxylic acids is 2. The van der Waals surface area contributed by atoms with E-state index in [0.717, 1.165) is 23.3 Å². The Morgan fingerprint density at radius 2 is 2.31 bits per heavy atom. The molecule has 2 rings (SSSR count). The van der Waals surface area contributed by atoms with Crippen LogP contribution in [0.25, 0.3) is 0 Å². The van der Waals surface area contributed by atoms with Gasteiger partial charge >= 0.3 is 0 Å². The third-order valence-electron chi connectivity index (χ3n) is 2.66. The van der Waals surface area contributed by atoms with E-state index in [1.807, 2.05) is 18.2 Å². The molecule has 4 heteroatoms. The molecular weight excluding hydrogens is 206 g/mol. The Hall–Kier alpha value is -1.84. The van der Waals surface area contributed by atoms with Crippen molar-refractivity contribution in [2.45, 2.75) is 12.8 Å². The number of benzene rings is 1. The van der Waals surface area contributed by atoms with Crippen molar-refractivity contribution in [2.24, 2.45) is 0 Å². The predicted octanol–water partition coefficient (Wildman–Crippen LogP) is 1.17. The highest BCUT2D eigenvalue weighted by molar-refractivity contribution is 5.97. The maximum absolute atomic E-state index is 11.4. The van der Waals surface area contributed by atoms with Gasteiger partial charge in [0.05, 0.1) is 5.69 Å². The zero-order chi connectivity index (χ0) is 11.5. The first-order valence-corrected chi connectivity index (χ1v) is 5.18. The van der Waals surface area contributed by atoms with Crippen LogP contribution in [0.5, 0.6) is 5.75 Å². The number of likely N-dealkylation sites (N-methyl/N-ethyl adjacent to an activating group) is 1. The summed E-state index contributed by atoms with van der Waals surface area (Å²) in [5.41, 5.74) is 1.82. The molecule has 0 fully saturated rings. The van der Waals surface area contributed by atoms with Gasteiger partial charge in [-0.25, -0.2) is 0 Å². The largest absolute Gasteiger partial charge is 0.482 e. The Bertz CT molecular complexity index is 428. The zero-order valence-electron chi connectivity index (χ0n) is 9.10. The first kappa shape index (κ1) is 10.7. The molecule has 1 heterocycles. The molecule has 0 radical (unpaired) electrons. The Morgan fingerprint density at radius 1 is 1.50 bits per heavy atom. The van der Waals surface area contributed by atoms with E-state index in [1.165, 1.54) is 0 Å². The molecule has 0 N–H and O–H groups in total. The molecule has 1 aliphatic rings. The summed E-state index contributed by atoms with van der Waals surface area (Å²) in [6, 6.07) is 5.67. The van der Waals surface area contributed by atoms with Crippen LogP contribution in [0.1, 0.15) is 12.0 Å². The second-order valence-corrected chi connectivity index (χ2v) is 3.75. The van der Waals surface area contributed by atoms with Crippen LogP contribution in [0.3, 0.4) is 0 Å². The van der Waals surface area contributed by atoms with Crippen molar-refractivity contribution in [3.05, 3.63) is 23.8 Å². The van der Waals surface area contributed by atoms with Crippen LogP contribution < -0.4 is 9.64 Å². The van der Waals surface area contributed by atoms with Crippen molar-refractivity contribution < 1.29 is 14.3 Å². The van der Waals surface area contributed by atoms with Gasteiger partial charge in [-0.1, -0.05) is 6.07 Å². The van der Waals surface area contributed by atoms with Crippen LogP contribution in [0.15, 0.2) is 18.2 Å². The minimum absolute atomic E-state index is 0.0555. The molecule has 16 heavy (non-hydrogen) atoms. The predicted molar refractivity (Wildman–Crippen MR) is 59.7 cm³/mol. The summed E-state index contributed by atoms with van der Waals surface area (Å²) >= 11 is 0. The second-order valence-electron chi connectivity index (χ2n) is 3.75. The van der Waals surface area contributed by atoms with Crippen molar-refractivity contribution in [3.63, 3.8) is 0 Å². The topological polar surface area (TPSA) is 46.6 Å². The minimum atomic E-state index is -0.0555. The molecule has 0 spiro atoms. The Kier molecular flexibility index (Phi) is 2.90. The maximum Gasteiger partial charge on any atom is 0.264 e. The van der Waals surface area contributed by atoms with Crippen LogP contribution in [0.4, 0.5) is 5.69 Å². The van der Waals surface area contributed by atoms with Gasteiger partial charge < -0.3 is 14.4 Å². The second kappa shape index (κ2) is 4.35. The summed E-state index contributed by atoms with van der Waals surface area (Å²) in [6.45, 7) is 0.0944. The maximum atomic E-state index is 11.4. The van der Waals surface area contributed by atoms with Crippen molar-refractivity contribution in [2.75, 3.05) is 18.6 Å². The highest BCUT2D eigenvalue weighted by Crippen LogP contribution is 2.32. The van der Waals surface area contributed by atoms with Crippen LogP contribution >= 0.6 is 0 Å². The van der Waals surface area contributed by atoms with E-state index in [-0.39, 0.29) is 12.5 Å². The number of anilines is 1. The number of ether oxygens (including phenoxy) is 1. The molecule has 1 aromatic rings. The SMILES string of the molecule is CN1C(=O)COc2ccc(CCC=O)cc21. The van der Waals surface area contributed by atoms with Crippen molar-refractivity contribution >= 4 is 17.9 Å². The lowest BCUT2D eigenvalue weighted by Crippen LogP contribution is -2.35. The molecule has 0 aromatic heterocycles. The molecule has 0 atom stereocenters. The fourth-order valence-corrected chi connectivity index (χ4v) is 1.70. The third kappa shape index (κ3) is 1.91. The average Bonchev–Trinajstić information content (AvgIpc) is 2.31. The number of aldehydes is 1. The highest BCUT2D eigenvalue weighted by atomic mass is 16.5. The van der Waals surface area contributed by atoms with E-state index in [1.54, 1.807) is 11.9 Å². The molecule has 0 saturated carbocycles. The van der Waals surface area contributed by atoms with E-state index in [9.17, 15) is 9.59 Å². The minimum Gasteiger partial charge on any atom is -0.482 e. The number of fused-ring (bicyclic) bond motifs is 1. The van der Waals surface area contributed by atoms with Crippen LogP contribution in [0, 0.1) is 0 Å². The fourth-order valence-electron chi connectivity index (χ4n) is 1.70. The quantitative estimate of drug-likeness (QED) is 0.717. The van der Waals surface area contributed by atoms with Gasteiger partial charge in [-0.3, -0.25) is 4.79 Å². The normalized spacial score (nSPS) is 14.3.